The number of hydrogen-bond acceptors (Lipinski definition) is 6. The van der Waals surface area contributed by atoms with Crippen LogP contribution >= 0.6 is 0 Å². The molecule has 5 atom stereocenters. The van der Waals surface area contributed by atoms with Gasteiger partial charge in [-0.2, -0.15) is 5.26 Å². The standard InChI is InChI=1S/C22H34N4O4/c1-20(2,3)30-19(28)25-17(18(27)26-11-15(24)5-16(26)10-23)21-6-13-4-14(7-21)9-22(29,8-13)12-21/h13-17,29H,4-9,11-12,24H2,1-3H3,(H,25,28)/t13?,14?,15-,16-,17+,21?,22?/m0/s1. The molecule has 2 amide bonds. The molecule has 8 heteroatoms. The zero-order valence-electron chi connectivity index (χ0n) is 18.2. The van der Waals surface area contributed by atoms with Gasteiger partial charge in [0, 0.05) is 18.0 Å². The first-order valence-electron chi connectivity index (χ1n) is 11.1. The molecule has 8 nitrogen and oxygen atoms in total. The maximum absolute atomic E-state index is 13.7. The zero-order valence-corrected chi connectivity index (χ0v) is 18.2. The summed E-state index contributed by atoms with van der Waals surface area (Å²) in [7, 11) is 0. The molecule has 4 N–H and O–H groups in total. The summed E-state index contributed by atoms with van der Waals surface area (Å²) in [5, 5.41) is 23.6. The third-order valence-corrected chi connectivity index (χ3v) is 7.36. The smallest absolute Gasteiger partial charge is 0.408 e. The lowest BCUT2D eigenvalue weighted by Gasteiger charge is -2.62. The Labute approximate surface area is 178 Å². The number of amides is 2. The van der Waals surface area contributed by atoms with Gasteiger partial charge in [-0.15, -0.1) is 0 Å². The summed E-state index contributed by atoms with van der Waals surface area (Å²) in [4.78, 5) is 28.0. The molecule has 5 fully saturated rings. The number of alkyl carbamates (subject to hydrolysis) is 1. The summed E-state index contributed by atoms with van der Waals surface area (Å²) in [5.74, 6) is 0.449. The van der Waals surface area contributed by atoms with E-state index in [1.807, 2.05) is 0 Å². The van der Waals surface area contributed by atoms with Gasteiger partial charge < -0.3 is 25.8 Å². The first-order chi connectivity index (χ1) is 13.9. The highest BCUT2D eigenvalue weighted by Gasteiger charge is 2.62. The van der Waals surface area contributed by atoms with E-state index in [-0.39, 0.29) is 11.9 Å². The number of nitrogens with two attached hydrogens (primary N) is 1. The Morgan fingerprint density at radius 3 is 2.40 bits per heavy atom. The van der Waals surface area contributed by atoms with Gasteiger partial charge in [0.05, 0.1) is 11.7 Å². The van der Waals surface area contributed by atoms with Crippen LogP contribution in [0.15, 0.2) is 0 Å². The average molecular weight is 419 g/mol. The lowest BCUT2D eigenvalue weighted by atomic mass is 9.46. The van der Waals surface area contributed by atoms with Crippen molar-refractivity contribution >= 4 is 12.0 Å². The van der Waals surface area contributed by atoms with Gasteiger partial charge in [0.15, 0.2) is 0 Å². The van der Waals surface area contributed by atoms with Crippen LogP contribution in [0, 0.1) is 28.6 Å². The van der Waals surface area contributed by atoms with Gasteiger partial charge in [-0.3, -0.25) is 4.79 Å². The van der Waals surface area contributed by atoms with E-state index in [4.69, 9.17) is 10.5 Å². The summed E-state index contributed by atoms with van der Waals surface area (Å²) >= 11 is 0. The van der Waals surface area contributed by atoms with Crippen molar-refractivity contribution in [3.05, 3.63) is 0 Å². The number of nitrogens with one attached hydrogen (secondary N) is 1. The van der Waals surface area contributed by atoms with Crippen LogP contribution in [0.5, 0.6) is 0 Å². The van der Waals surface area contributed by atoms with Crippen molar-refractivity contribution in [2.24, 2.45) is 23.0 Å². The minimum absolute atomic E-state index is 0.249. The van der Waals surface area contributed by atoms with Crippen LogP contribution in [-0.4, -0.2) is 57.9 Å². The van der Waals surface area contributed by atoms with Crippen molar-refractivity contribution in [2.75, 3.05) is 6.54 Å². The molecule has 0 aromatic heterocycles. The van der Waals surface area contributed by atoms with Gasteiger partial charge in [-0.1, -0.05) is 0 Å². The maximum Gasteiger partial charge on any atom is 0.408 e. The molecule has 4 aliphatic carbocycles. The van der Waals surface area contributed by atoms with Gasteiger partial charge in [-0.25, -0.2) is 4.79 Å². The first kappa shape index (κ1) is 21.4. The van der Waals surface area contributed by atoms with Crippen molar-refractivity contribution in [1.82, 2.24) is 10.2 Å². The normalized spacial score (nSPS) is 40.7. The van der Waals surface area contributed by atoms with E-state index in [2.05, 4.69) is 11.4 Å². The Morgan fingerprint density at radius 1 is 1.23 bits per heavy atom. The average Bonchev–Trinajstić information content (AvgIpc) is 2.96. The van der Waals surface area contributed by atoms with Crippen LogP contribution in [0.4, 0.5) is 4.79 Å². The number of carbonyl (C=O) groups excluding carboxylic acids is 2. The first-order valence-corrected chi connectivity index (χ1v) is 11.1. The second-order valence-corrected chi connectivity index (χ2v) is 11.3. The highest BCUT2D eigenvalue weighted by Crippen LogP contribution is 2.63. The molecule has 166 valence electrons. The number of likely N-dealkylation sites (tertiary alicyclic amines) is 1. The highest BCUT2D eigenvalue weighted by atomic mass is 16.6. The van der Waals surface area contributed by atoms with Gasteiger partial charge in [0.25, 0.3) is 0 Å². The van der Waals surface area contributed by atoms with Crippen LogP contribution in [-0.2, 0) is 9.53 Å². The molecule has 30 heavy (non-hydrogen) atoms. The third kappa shape index (κ3) is 3.90. The van der Waals surface area contributed by atoms with Gasteiger partial charge >= 0.3 is 6.09 Å². The number of nitrogens with zero attached hydrogens (tertiary/aromatic N) is 2. The van der Waals surface area contributed by atoms with Crippen LogP contribution in [0.3, 0.4) is 0 Å². The summed E-state index contributed by atoms with van der Waals surface area (Å²) in [5.41, 5.74) is 4.07. The van der Waals surface area contributed by atoms with Gasteiger partial charge in [-0.05, 0) is 77.6 Å². The van der Waals surface area contributed by atoms with Crippen LogP contribution < -0.4 is 11.1 Å². The van der Waals surface area contributed by atoms with Crippen molar-refractivity contribution in [2.45, 2.75) is 95.0 Å². The molecule has 5 rings (SSSR count). The number of nitriles is 1. The minimum Gasteiger partial charge on any atom is -0.444 e. The number of hydrogen-bond donors (Lipinski definition) is 3. The summed E-state index contributed by atoms with van der Waals surface area (Å²) in [6.07, 6.45) is 4.51. The Kier molecular flexibility index (Phi) is 5.06. The van der Waals surface area contributed by atoms with Crippen LogP contribution in [0.2, 0.25) is 0 Å². The second-order valence-electron chi connectivity index (χ2n) is 11.3. The quantitative estimate of drug-likeness (QED) is 0.639. The summed E-state index contributed by atoms with van der Waals surface area (Å²) in [6, 6.07) is 0.518. The third-order valence-electron chi connectivity index (χ3n) is 7.36. The molecule has 0 aromatic rings. The fraction of sp³-hybridized carbons (Fsp3) is 0.864. The molecule has 1 saturated heterocycles. The van der Waals surface area contributed by atoms with Crippen LogP contribution in [0.25, 0.3) is 0 Å². The van der Waals surface area contributed by atoms with E-state index in [0.29, 0.717) is 31.2 Å². The van der Waals surface area contributed by atoms with E-state index in [9.17, 15) is 20.0 Å². The van der Waals surface area contributed by atoms with Crippen molar-refractivity contribution in [3.8, 4) is 6.07 Å². The Morgan fingerprint density at radius 2 is 1.87 bits per heavy atom. The Balaban J connectivity index is 1.65. The molecule has 4 saturated carbocycles. The molecular weight excluding hydrogens is 384 g/mol. The largest absolute Gasteiger partial charge is 0.444 e. The maximum atomic E-state index is 13.7. The number of ether oxygens (including phenoxy) is 1. The molecule has 0 radical (unpaired) electrons. The Hall–Kier alpha value is -1.85. The number of aliphatic hydroxyl groups is 1. The fourth-order valence-electron chi connectivity index (χ4n) is 6.92. The minimum atomic E-state index is -0.828. The SMILES string of the molecule is CC(C)(C)OC(=O)N[C@H](C(=O)N1C[C@@H](N)C[C@H]1C#N)C12CC3CC(CC(O)(C3)C1)C2. The molecule has 1 aliphatic heterocycles. The topological polar surface area (TPSA) is 129 Å². The van der Waals surface area contributed by atoms with Gasteiger partial charge in [0.1, 0.15) is 17.7 Å². The molecule has 1 heterocycles. The van der Waals surface area contributed by atoms with E-state index in [1.54, 1.807) is 20.8 Å². The van der Waals surface area contributed by atoms with E-state index in [1.165, 1.54) is 4.90 Å². The second kappa shape index (κ2) is 7.10. The predicted octanol–water partition coefficient (Wildman–Crippen LogP) is 1.66. The van der Waals surface area contributed by atoms with Crippen molar-refractivity contribution in [3.63, 3.8) is 0 Å². The summed E-state index contributed by atoms with van der Waals surface area (Å²) in [6.45, 7) is 5.64. The molecular formula is C22H34N4O4. The monoisotopic (exact) mass is 418 g/mol. The predicted molar refractivity (Wildman–Crippen MR) is 109 cm³/mol. The summed E-state index contributed by atoms with van der Waals surface area (Å²) < 4.78 is 5.47. The lowest BCUT2D eigenvalue weighted by Crippen LogP contribution is -2.66. The van der Waals surface area contributed by atoms with Crippen LogP contribution in [0.1, 0.15) is 65.7 Å². The molecule has 0 spiro atoms. The number of rotatable bonds is 3. The highest BCUT2D eigenvalue weighted by molar-refractivity contribution is 5.87. The molecule has 0 aromatic carbocycles. The zero-order chi connectivity index (χ0) is 21.9. The fourth-order valence-corrected chi connectivity index (χ4v) is 6.92. The molecule has 4 bridgehead atoms. The molecule has 2 unspecified atom stereocenters. The molecule has 5 aliphatic rings. The van der Waals surface area contributed by atoms with E-state index in [0.717, 1.165) is 32.1 Å². The Bertz CT molecular complexity index is 756. The lowest BCUT2D eigenvalue weighted by molar-refractivity contribution is -0.180. The number of carbonyl (C=O) groups is 2. The van der Waals surface area contributed by atoms with Crippen molar-refractivity contribution in [1.29, 1.82) is 5.26 Å². The van der Waals surface area contributed by atoms with E-state index < -0.39 is 34.8 Å². The van der Waals surface area contributed by atoms with Crippen molar-refractivity contribution < 1.29 is 19.4 Å². The van der Waals surface area contributed by atoms with E-state index >= 15 is 0 Å². The van der Waals surface area contributed by atoms with Gasteiger partial charge in [0.2, 0.25) is 5.91 Å².